The maximum absolute atomic E-state index is 12.0. The maximum atomic E-state index is 12.0. The molecule has 1 aromatic rings. The third-order valence-electron chi connectivity index (χ3n) is 2.14. The Hall–Kier alpha value is -0.550. The molecule has 1 rings (SSSR count). The van der Waals surface area contributed by atoms with Gasteiger partial charge in [-0.15, -0.1) is 0 Å². The molecule has 0 aliphatic heterocycles. The zero-order chi connectivity index (χ0) is 12.2. The number of alkyl halides is 3. The first kappa shape index (κ1) is 13.5. The second kappa shape index (κ2) is 5.68. The molecule has 16 heavy (non-hydrogen) atoms. The summed E-state index contributed by atoms with van der Waals surface area (Å²) in [6.07, 6.45) is -4.84. The highest BCUT2D eigenvalue weighted by Crippen LogP contribution is 2.20. The minimum Gasteiger partial charge on any atom is -0.302 e. The van der Waals surface area contributed by atoms with Gasteiger partial charge >= 0.3 is 6.18 Å². The zero-order valence-corrected chi connectivity index (χ0v) is 10.5. The van der Waals surface area contributed by atoms with E-state index < -0.39 is 12.6 Å². The van der Waals surface area contributed by atoms with Crippen LogP contribution in [0, 0.1) is 0 Å². The van der Waals surface area contributed by atoms with Gasteiger partial charge in [0.05, 0.1) is 6.42 Å². The third kappa shape index (κ3) is 5.51. The first-order chi connectivity index (χ1) is 7.37. The molecule has 1 aromatic carbocycles. The average molecular weight is 296 g/mol. The first-order valence-corrected chi connectivity index (χ1v) is 5.66. The summed E-state index contributed by atoms with van der Waals surface area (Å²) < 4.78 is 36.9. The predicted octanol–water partition coefficient (Wildman–Crippen LogP) is 3.83. The van der Waals surface area contributed by atoms with E-state index in [1.165, 1.54) is 0 Å². The summed E-state index contributed by atoms with van der Waals surface area (Å²) >= 11 is 3.31. The van der Waals surface area contributed by atoms with Crippen LogP contribution in [0.5, 0.6) is 0 Å². The molecule has 0 fully saturated rings. The smallest absolute Gasteiger partial charge is 0.302 e. The molecule has 90 valence electrons. The van der Waals surface area contributed by atoms with Gasteiger partial charge in [0.25, 0.3) is 0 Å². The Morgan fingerprint density at radius 1 is 1.19 bits per heavy atom. The lowest BCUT2D eigenvalue weighted by Crippen LogP contribution is -2.24. The molecule has 0 N–H and O–H groups in total. The molecule has 0 bridgehead atoms. The van der Waals surface area contributed by atoms with E-state index in [0.29, 0.717) is 6.54 Å². The molecule has 0 heterocycles. The molecule has 0 aliphatic rings. The Kier molecular flexibility index (Phi) is 4.80. The largest absolute Gasteiger partial charge is 0.390 e. The van der Waals surface area contributed by atoms with Crippen molar-refractivity contribution in [2.24, 2.45) is 0 Å². The van der Waals surface area contributed by atoms with Crippen LogP contribution >= 0.6 is 15.9 Å². The average Bonchev–Trinajstić information content (AvgIpc) is 2.18. The van der Waals surface area contributed by atoms with E-state index in [2.05, 4.69) is 15.9 Å². The molecule has 0 atom stereocenters. The summed E-state index contributed by atoms with van der Waals surface area (Å²) in [5, 5.41) is 0. The normalized spacial score (nSPS) is 12.1. The first-order valence-electron chi connectivity index (χ1n) is 4.86. The molecule has 0 aromatic heterocycles. The lowest BCUT2D eigenvalue weighted by molar-refractivity contribution is -0.137. The Balaban J connectivity index is 2.39. The zero-order valence-electron chi connectivity index (χ0n) is 8.89. The van der Waals surface area contributed by atoms with Crippen LogP contribution in [-0.4, -0.2) is 24.7 Å². The van der Waals surface area contributed by atoms with E-state index in [4.69, 9.17) is 0 Å². The molecular formula is C11H13BrF3N. The number of benzene rings is 1. The van der Waals surface area contributed by atoms with Crippen LogP contribution in [0.15, 0.2) is 28.7 Å². The summed E-state index contributed by atoms with van der Waals surface area (Å²) in [5.74, 6) is 0. The second-order valence-corrected chi connectivity index (χ2v) is 4.65. The van der Waals surface area contributed by atoms with Gasteiger partial charge in [0, 0.05) is 17.6 Å². The number of halogens is 4. The Morgan fingerprint density at radius 3 is 2.25 bits per heavy atom. The maximum Gasteiger partial charge on any atom is 0.390 e. The molecule has 5 heteroatoms. The van der Waals surface area contributed by atoms with Gasteiger partial charge in [-0.2, -0.15) is 13.2 Å². The van der Waals surface area contributed by atoms with Crippen molar-refractivity contribution < 1.29 is 13.2 Å². The van der Waals surface area contributed by atoms with Crippen LogP contribution in [0.4, 0.5) is 13.2 Å². The van der Waals surface area contributed by atoms with Gasteiger partial charge in [-0.1, -0.05) is 28.1 Å². The molecule has 0 saturated carbocycles. The fourth-order valence-electron chi connectivity index (χ4n) is 1.30. The molecule has 1 nitrogen and oxygen atoms in total. The second-order valence-electron chi connectivity index (χ2n) is 3.73. The minimum absolute atomic E-state index is 0.0273. The highest BCUT2D eigenvalue weighted by atomic mass is 79.9. The van der Waals surface area contributed by atoms with E-state index in [0.717, 1.165) is 10.0 Å². The van der Waals surface area contributed by atoms with Crippen LogP contribution < -0.4 is 0 Å². The number of rotatable bonds is 4. The fourth-order valence-corrected chi connectivity index (χ4v) is 1.56. The lowest BCUT2D eigenvalue weighted by Gasteiger charge is -2.17. The highest BCUT2D eigenvalue weighted by Gasteiger charge is 2.26. The molecular weight excluding hydrogens is 283 g/mol. The summed E-state index contributed by atoms with van der Waals surface area (Å²) in [7, 11) is 1.69. The topological polar surface area (TPSA) is 3.24 Å². The molecule has 0 unspecified atom stereocenters. The van der Waals surface area contributed by atoms with Gasteiger partial charge in [0.15, 0.2) is 0 Å². The Morgan fingerprint density at radius 2 is 1.75 bits per heavy atom. The van der Waals surface area contributed by atoms with Gasteiger partial charge in [0.2, 0.25) is 0 Å². The molecule has 0 radical (unpaired) electrons. The van der Waals surface area contributed by atoms with Gasteiger partial charge in [-0.3, -0.25) is 0 Å². The fraction of sp³-hybridized carbons (Fsp3) is 0.455. The van der Waals surface area contributed by atoms with Crippen molar-refractivity contribution in [2.45, 2.75) is 19.1 Å². The van der Waals surface area contributed by atoms with Gasteiger partial charge < -0.3 is 4.90 Å². The van der Waals surface area contributed by atoms with Gasteiger partial charge in [0.1, 0.15) is 0 Å². The lowest BCUT2D eigenvalue weighted by atomic mass is 10.2. The number of hydrogen-bond acceptors (Lipinski definition) is 1. The summed E-state index contributed by atoms with van der Waals surface area (Å²) in [5.41, 5.74) is 1.01. The van der Waals surface area contributed by atoms with Gasteiger partial charge in [-0.25, -0.2) is 0 Å². The van der Waals surface area contributed by atoms with E-state index in [9.17, 15) is 13.2 Å². The van der Waals surface area contributed by atoms with Crippen LogP contribution in [0.25, 0.3) is 0 Å². The van der Waals surface area contributed by atoms with Crippen molar-refractivity contribution in [1.82, 2.24) is 4.90 Å². The Bertz CT molecular complexity index is 321. The van der Waals surface area contributed by atoms with Crippen molar-refractivity contribution in [3.8, 4) is 0 Å². The van der Waals surface area contributed by atoms with E-state index in [1.807, 2.05) is 24.3 Å². The SMILES string of the molecule is CN(CCC(F)(F)F)Cc1ccc(Br)cc1. The van der Waals surface area contributed by atoms with E-state index in [-0.39, 0.29) is 6.54 Å². The van der Waals surface area contributed by atoms with Crippen molar-refractivity contribution in [2.75, 3.05) is 13.6 Å². The van der Waals surface area contributed by atoms with Gasteiger partial charge in [-0.05, 0) is 24.7 Å². The number of hydrogen-bond donors (Lipinski definition) is 0. The molecule has 0 aliphatic carbocycles. The van der Waals surface area contributed by atoms with E-state index >= 15 is 0 Å². The third-order valence-corrected chi connectivity index (χ3v) is 2.67. The van der Waals surface area contributed by atoms with Crippen LogP contribution in [0.1, 0.15) is 12.0 Å². The highest BCUT2D eigenvalue weighted by molar-refractivity contribution is 9.10. The molecule has 0 spiro atoms. The van der Waals surface area contributed by atoms with Crippen molar-refractivity contribution in [3.05, 3.63) is 34.3 Å². The summed E-state index contributed by atoms with van der Waals surface area (Å²) in [4.78, 5) is 1.66. The summed E-state index contributed by atoms with van der Waals surface area (Å²) in [6, 6.07) is 7.56. The number of nitrogens with zero attached hydrogens (tertiary/aromatic N) is 1. The van der Waals surface area contributed by atoms with Crippen molar-refractivity contribution >= 4 is 15.9 Å². The Labute approximate surface area is 101 Å². The van der Waals surface area contributed by atoms with Crippen LogP contribution in [0.3, 0.4) is 0 Å². The monoisotopic (exact) mass is 295 g/mol. The molecule has 0 saturated heterocycles. The van der Waals surface area contributed by atoms with Crippen LogP contribution in [0.2, 0.25) is 0 Å². The van der Waals surface area contributed by atoms with Crippen molar-refractivity contribution in [3.63, 3.8) is 0 Å². The quantitative estimate of drug-likeness (QED) is 0.816. The predicted molar refractivity (Wildman–Crippen MR) is 61.1 cm³/mol. The van der Waals surface area contributed by atoms with E-state index in [1.54, 1.807) is 11.9 Å². The summed E-state index contributed by atoms with van der Waals surface area (Å²) in [6.45, 7) is 0.558. The molecule has 0 amide bonds. The minimum atomic E-state index is -4.08. The van der Waals surface area contributed by atoms with Crippen LogP contribution in [-0.2, 0) is 6.54 Å². The standard InChI is InChI=1S/C11H13BrF3N/c1-16(7-6-11(13,14)15)8-9-2-4-10(12)5-3-9/h2-5H,6-8H2,1H3. The van der Waals surface area contributed by atoms with Crippen molar-refractivity contribution in [1.29, 1.82) is 0 Å².